The molecule has 1 aromatic carbocycles. The summed E-state index contributed by atoms with van der Waals surface area (Å²) in [6, 6.07) is 5.02. The van der Waals surface area contributed by atoms with Gasteiger partial charge in [-0.1, -0.05) is 23.7 Å². The van der Waals surface area contributed by atoms with Gasteiger partial charge in [-0.3, -0.25) is 10.2 Å². The van der Waals surface area contributed by atoms with Crippen LogP contribution in [0.1, 0.15) is 12.0 Å². The van der Waals surface area contributed by atoms with Crippen LogP contribution in [0.15, 0.2) is 18.2 Å². The SMILES string of the molecule is CN1CC(CO)CC1NCc1cccc(Cl)c1F. The molecule has 1 saturated heterocycles. The molecule has 2 rings (SSSR count). The van der Waals surface area contributed by atoms with E-state index >= 15 is 0 Å². The minimum Gasteiger partial charge on any atom is -0.396 e. The summed E-state index contributed by atoms with van der Waals surface area (Å²) in [5.74, 6) is -0.0530. The Morgan fingerprint density at radius 3 is 3.00 bits per heavy atom. The van der Waals surface area contributed by atoms with E-state index in [-0.39, 0.29) is 23.6 Å². The fourth-order valence-electron chi connectivity index (χ4n) is 2.39. The van der Waals surface area contributed by atoms with Crippen molar-refractivity contribution < 1.29 is 9.50 Å². The van der Waals surface area contributed by atoms with Gasteiger partial charge in [0, 0.05) is 25.3 Å². The van der Waals surface area contributed by atoms with Gasteiger partial charge in [0.1, 0.15) is 5.82 Å². The maximum absolute atomic E-state index is 13.7. The molecule has 0 spiro atoms. The molecule has 0 aromatic heterocycles. The van der Waals surface area contributed by atoms with E-state index in [2.05, 4.69) is 10.2 Å². The number of rotatable bonds is 4. The van der Waals surface area contributed by atoms with Crippen molar-refractivity contribution in [3.63, 3.8) is 0 Å². The minimum absolute atomic E-state index is 0.155. The van der Waals surface area contributed by atoms with Crippen LogP contribution < -0.4 is 5.32 Å². The standard InChI is InChI=1S/C13H18ClFN2O/c1-17-7-9(8-18)5-12(17)16-6-10-3-2-4-11(14)13(10)15/h2-4,9,12,16,18H,5-8H2,1H3. The summed E-state index contributed by atoms with van der Waals surface area (Å²) < 4.78 is 13.7. The van der Waals surface area contributed by atoms with Crippen LogP contribution in [0.25, 0.3) is 0 Å². The zero-order valence-electron chi connectivity index (χ0n) is 10.4. The van der Waals surface area contributed by atoms with Crippen molar-refractivity contribution in [3.8, 4) is 0 Å². The zero-order chi connectivity index (χ0) is 13.1. The number of aliphatic hydroxyl groups excluding tert-OH is 1. The van der Waals surface area contributed by atoms with Gasteiger partial charge in [0.05, 0.1) is 11.2 Å². The third kappa shape index (κ3) is 3.01. The summed E-state index contributed by atoms with van der Waals surface area (Å²) in [6.07, 6.45) is 1.07. The van der Waals surface area contributed by atoms with Crippen LogP contribution >= 0.6 is 11.6 Å². The van der Waals surface area contributed by atoms with E-state index in [4.69, 9.17) is 16.7 Å². The van der Waals surface area contributed by atoms with E-state index in [0.717, 1.165) is 13.0 Å². The quantitative estimate of drug-likeness (QED) is 0.878. The van der Waals surface area contributed by atoms with E-state index in [1.165, 1.54) is 0 Å². The third-order valence-electron chi connectivity index (χ3n) is 3.45. The first-order valence-electron chi connectivity index (χ1n) is 6.09. The molecule has 0 amide bonds. The second kappa shape index (κ2) is 5.97. The Kier molecular flexibility index (Phi) is 4.56. The predicted molar refractivity (Wildman–Crippen MR) is 69.9 cm³/mol. The average molecular weight is 273 g/mol. The molecule has 5 heteroatoms. The van der Waals surface area contributed by atoms with E-state index in [1.807, 2.05) is 7.05 Å². The molecule has 1 heterocycles. The summed E-state index contributed by atoms with van der Waals surface area (Å²) >= 11 is 5.74. The van der Waals surface area contributed by atoms with E-state index < -0.39 is 0 Å². The number of halogens is 2. The molecule has 0 radical (unpaired) electrons. The van der Waals surface area contributed by atoms with Crippen LogP contribution in [0, 0.1) is 11.7 Å². The minimum atomic E-state index is -0.356. The lowest BCUT2D eigenvalue weighted by atomic mass is 10.1. The maximum Gasteiger partial charge on any atom is 0.146 e. The lowest BCUT2D eigenvalue weighted by molar-refractivity contribution is 0.226. The fourth-order valence-corrected chi connectivity index (χ4v) is 2.58. The summed E-state index contributed by atoms with van der Waals surface area (Å²) in [5.41, 5.74) is 0.573. The van der Waals surface area contributed by atoms with Crippen LogP contribution in [0.5, 0.6) is 0 Å². The summed E-state index contributed by atoms with van der Waals surface area (Å²) in [7, 11) is 2.00. The average Bonchev–Trinajstić information content (AvgIpc) is 2.72. The largest absolute Gasteiger partial charge is 0.396 e. The molecule has 2 unspecified atom stereocenters. The second-order valence-corrected chi connectivity index (χ2v) is 5.24. The molecule has 0 aliphatic carbocycles. The van der Waals surface area contributed by atoms with Gasteiger partial charge in [0.15, 0.2) is 0 Å². The first-order chi connectivity index (χ1) is 8.61. The number of likely N-dealkylation sites (tertiary alicyclic amines) is 1. The smallest absolute Gasteiger partial charge is 0.146 e. The van der Waals surface area contributed by atoms with Gasteiger partial charge in [-0.05, 0) is 25.5 Å². The first-order valence-corrected chi connectivity index (χ1v) is 6.47. The Hall–Kier alpha value is -0.680. The molecule has 0 bridgehead atoms. The van der Waals surface area contributed by atoms with Crippen LogP contribution in [0.2, 0.25) is 5.02 Å². The van der Waals surface area contributed by atoms with Gasteiger partial charge in [-0.2, -0.15) is 0 Å². The summed E-state index contributed by atoms with van der Waals surface area (Å²) in [5, 5.41) is 12.6. The van der Waals surface area contributed by atoms with Gasteiger partial charge in [0.2, 0.25) is 0 Å². The Morgan fingerprint density at radius 1 is 1.56 bits per heavy atom. The van der Waals surface area contributed by atoms with Crippen LogP contribution in [-0.2, 0) is 6.54 Å². The zero-order valence-corrected chi connectivity index (χ0v) is 11.1. The van der Waals surface area contributed by atoms with Gasteiger partial charge in [-0.15, -0.1) is 0 Å². The number of nitrogens with zero attached hydrogens (tertiary/aromatic N) is 1. The Balaban J connectivity index is 1.94. The highest BCUT2D eigenvalue weighted by atomic mass is 35.5. The van der Waals surface area contributed by atoms with Crippen molar-refractivity contribution in [2.45, 2.75) is 19.1 Å². The highest BCUT2D eigenvalue weighted by molar-refractivity contribution is 6.30. The lowest BCUT2D eigenvalue weighted by Gasteiger charge is -2.20. The normalized spacial score (nSPS) is 24.7. The Labute approximate surface area is 112 Å². The Morgan fingerprint density at radius 2 is 2.33 bits per heavy atom. The molecule has 1 fully saturated rings. The van der Waals surface area contributed by atoms with Crippen molar-refractivity contribution in [2.75, 3.05) is 20.2 Å². The van der Waals surface area contributed by atoms with E-state index in [0.29, 0.717) is 18.0 Å². The topological polar surface area (TPSA) is 35.5 Å². The monoisotopic (exact) mass is 272 g/mol. The fraction of sp³-hybridized carbons (Fsp3) is 0.538. The number of benzene rings is 1. The molecule has 3 nitrogen and oxygen atoms in total. The molecule has 2 N–H and O–H groups in total. The molecular weight excluding hydrogens is 255 g/mol. The molecule has 1 aliphatic heterocycles. The van der Waals surface area contributed by atoms with Crippen molar-refractivity contribution in [3.05, 3.63) is 34.6 Å². The lowest BCUT2D eigenvalue weighted by Crippen LogP contribution is -2.38. The molecule has 2 atom stereocenters. The van der Waals surface area contributed by atoms with Gasteiger partial charge >= 0.3 is 0 Å². The number of aliphatic hydroxyl groups is 1. The van der Waals surface area contributed by atoms with Crippen LogP contribution in [0.3, 0.4) is 0 Å². The molecule has 1 aromatic rings. The molecule has 18 heavy (non-hydrogen) atoms. The van der Waals surface area contributed by atoms with Crippen molar-refractivity contribution in [1.82, 2.24) is 10.2 Å². The molecular formula is C13H18ClFN2O. The maximum atomic E-state index is 13.7. The molecule has 0 saturated carbocycles. The van der Waals surface area contributed by atoms with Gasteiger partial charge in [-0.25, -0.2) is 4.39 Å². The van der Waals surface area contributed by atoms with Gasteiger partial charge < -0.3 is 5.11 Å². The molecule has 100 valence electrons. The predicted octanol–water partition coefficient (Wildman–Crippen LogP) is 1.84. The number of hydrogen-bond acceptors (Lipinski definition) is 3. The van der Waals surface area contributed by atoms with Crippen LogP contribution in [0.4, 0.5) is 4.39 Å². The van der Waals surface area contributed by atoms with Gasteiger partial charge in [0.25, 0.3) is 0 Å². The second-order valence-electron chi connectivity index (χ2n) is 4.83. The summed E-state index contributed by atoms with van der Waals surface area (Å²) in [6.45, 7) is 1.51. The Bertz CT molecular complexity index is 416. The highest BCUT2D eigenvalue weighted by Crippen LogP contribution is 2.21. The van der Waals surface area contributed by atoms with Crippen LogP contribution in [-0.4, -0.2) is 36.4 Å². The van der Waals surface area contributed by atoms with Crippen molar-refractivity contribution >= 4 is 11.6 Å². The highest BCUT2D eigenvalue weighted by Gasteiger charge is 2.28. The first kappa shape index (κ1) is 13.7. The number of hydrogen-bond donors (Lipinski definition) is 2. The van der Waals surface area contributed by atoms with E-state index in [9.17, 15) is 4.39 Å². The number of nitrogens with one attached hydrogen (secondary N) is 1. The van der Waals surface area contributed by atoms with E-state index in [1.54, 1.807) is 18.2 Å². The molecule has 1 aliphatic rings. The van der Waals surface area contributed by atoms with Crippen molar-refractivity contribution in [2.24, 2.45) is 5.92 Å². The summed E-state index contributed by atoms with van der Waals surface area (Å²) in [4.78, 5) is 2.14. The van der Waals surface area contributed by atoms with Crippen molar-refractivity contribution in [1.29, 1.82) is 0 Å². The third-order valence-corrected chi connectivity index (χ3v) is 3.74.